The highest BCUT2D eigenvalue weighted by Gasteiger charge is 2.16. The molecule has 0 atom stereocenters. The number of aromatic nitrogens is 2. The van der Waals surface area contributed by atoms with E-state index in [1.54, 1.807) is 11.8 Å². The number of hydrogen-bond acceptors (Lipinski definition) is 6. The number of carbonyl (C=O) groups is 1. The Hall–Kier alpha value is -2.38. The van der Waals surface area contributed by atoms with Crippen molar-refractivity contribution in [1.29, 1.82) is 0 Å². The first-order valence-electron chi connectivity index (χ1n) is 9.31. The Bertz CT molecular complexity index is 949. The molecular weight excluding hydrogens is 388 g/mol. The van der Waals surface area contributed by atoms with E-state index in [2.05, 4.69) is 38.4 Å². The molecule has 3 aromatic rings. The van der Waals surface area contributed by atoms with Gasteiger partial charge in [-0.25, -0.2) is 9.97 Å². The van der Waals surface area contributed by atoms with Crippen molar-refractivity contribution in [3.63, 3.8) is 0 Å². The minimum Gasteiger partial charge on any atom is -0.357 e. The maximum absolute atomic E-state index is 12.5. The van der Waals surface area contributed by atoms with Crippen molar-refractivity contribution in [3.8, 4) is 10.6 Å². The lowest BCUT2D eigenvalue weighted by Crippen LogP contribution is -2.23. The van der Waals surface area contributed by atoms with Crippen LogP contribution in [0.3, 0.4) is 0 Å². The summed E-state index contributed by atoms with van der Waals surface area (Å²) in [5.74, 6) is 0.843. The number of nitrogens with one attached hydrogen (secondary N) is 1. The van der Waals surface area contributed by atoms with E-state index in [1.807, 2.05) is 36.0 Å². The molecule has 5 nitrogen and oxygen atoms in total. The molecule has 1 aromatic carbocycles. The van der Waals surface area contributed by atoms with Crippen LogP contribution in [0.15, 0.2) is 52.9 Å². The van der Waals surface area contributed by atoms with Crippen LogP contribution in [0.2, 0.25) is 0 Å². The SMILES string of the molecule is CSc1ccc(CNC(=O)c2csc(-c3ccnc(N4CCCC4)c3)n2)cc1. The highest BCUT2D eigenvalue weighted by molar-refractivity contribution is 7.98. The molecule has 0 saturated carbocycles. The molecule has 2 aromatic heterocycles. The van der Waals surface area contributed by atoms with E-state index < -0.39 is 0 Å². The summed E-state index contributed by atoms with van der Waals surface area (Å²) in [4.78, 5) is 25.0. The van der Waals surface area contributed by atoms with Gasteiger partial charge in [0, 0.05) is 41.7 Å². The van der Waals surface area contributed by atoms with Gasteiger partial charge in [0.2, 0.25) is 0 Å². The van der Waals surface area contributed by atoms with Crippen molar-refractivity contribution in [2.45, 2.75) is 24.3 Å². The summed E-state index contributed by atoms with van der Waals surface area (Å²) in [6.45, 7) is 2.61. The van der Waals surface area contributed by atoms with Crippen LogP contribution in [0.4, 0.5) is 5.82 Å². The number of amides is 1. The van der Waals surface area contributed by atoms with E-state index in [1.165, 1.54) is 29.1 Å². The number of hydrogen-bond donors (Lipinski definition) is 1. The second kappa shape index (κ2) is 8.75. The molecule has 1 aliphatic heterocycles. The first-order valence-corrected chi connectivity index (χ1v) is 11.4. The minimum atomic E-state index is -0.148. The third-order valence-corrected chi connectivity index (χ3v) is 6.41. The van der Waals surface area contributed by atoms with Gasteiger partial charge < -0.3 is 10.2 Å². The standard InChI is InChI=1S/C21H22N4OS2/c1-27-17-6-4-15(5-7-17)13-23-20(26)18-14-28-21(24-18)16-8-9-22-19(12-16)25-10-2-3-11-25/h4-9,12,14H,2-3,10-11,13H2,1H3,(H,23,26). The van der Waals surface area contributed by atoms with Crippen LogP contribution in [-0.2, 0) is 6.54 Å². The minimum absolute atomic E-state index is 0.148. The van der Waals surface area contributed by atoms with Crippen LogP contribution in [0.1, 0.15) is 28.9 Å². The molecule has 1 saturated heterocycles. The van der Waals surface area contributed by atoms with Crippen LogP contribution >= 0.6 is 23.1 Å². The maximum Gasteiger partial charge on any atom is 0.271 e. The van der Waals surface area contributed by atoms with E-state index in [0.717, 1.165) is 35.0 Å². The molecule has 1 aliphatic rings. The summed E-state index contributed by atoms with van der Waals surface area (Å²) in [7, 11) is 0. The third kappa shape index (κ3) is 4.36. The Balaban J connectivity index is 1.42. The van der Waals surface area contributed by atoms with Gasteiger partial charge in [-0.2, -0.15) is 0 Å². The number of thiazole rings is 1. The maximum atomic E-state index is 12.5. The van der Waals surface area contributed by atoms with Crippen molar-refractivity contribution < 1.29 is 4.79 Å². The van der Waals surface area contributed by atoms with Crippen molar-refractivity contribution in [2.24, 2.45) is 0 Å². The zero-order chi connectivity index (χ0) is 19.3. The fourth-order valence-electron chi connectivity index (χ4n) is 3.20. The summed E-state index contributed by atoms with van der Waals surface area (Å²) in [6.07, 6.45) is 6.30. The molecule has 7 heteroatoms. The van der Waals surface area contributed by atoms with Crippen LogP contribution in [-0.4, -0.2) is 35.2 Å². The van der Waals surface area contributed by atoms with Gasteiger partial charge in [0.05, 0.1) is 0 Å². The van der Waals surface area contributed by atoms with Crippen molar-refractivity contribution in [1.82, 2.24) is 15.3 Å². The van der Waals surface area contributed by atoms with Crippen molar-refractivity contribution in [3.05, 3.63) is 59.2 Å². The molecule has 1 amide bonds. The first-order chi connectivity index (χ1) is 13.7. The summed E-state index contributed by atoms with van der Waals surface area (Å²) in [5, 5.41) is 5.61. The second-order valence-electron chi connectivity index (χ2n) is 6.67. The molecule has 0 spiro atoms. The van der Waals surface area contributed by atoms with E-state index >= 15 is 0 Å². The van der Waals surface area contributed by atoms with E-state index in [0.29, 0.717) is 12.2 Å². The average molecular weight is 411 g/mol. The van der Waals surface area contributed by atoms with E-state index in [-0.39, 0.29) is 5.91 Å². The van der Waals surface area contributed by atoms with Gasteiger partial charge in [0.25, 0.3) is 5.91 Å². The number of anilines is 1. The van der Waals surface area contributed by atoms with Gasteiger partial charge in [-0.15, -0.1) is 23.1 Å². The number of benzene rings is 1. The van der Waals surface area contributed by atoms with E-state index in [9.17, 15) is 4.79 Å². The first kappa shape index (κ1) is 19.0. The Morgan fingerprint density at radius 2 is 2.00 bits per heavy atom. The Labute approximate surface area is 173 Å². The normalized spacial score (nSPS) is 13.7. The monoisotopic (exact) mass is 410 g/mol. The quantitative estimate of drug-likeness (QED) is 0.608. The molecule has 0 bridgehead atoms. The number of nitrogens with zero attached hydrogens (tertiary/aromatic N) is 3. The summed E-state index contributed by atoms with van der Waals surface area (Å²) < 4.78 is 0. The predicted octanol–water partition coefficient (Wildman–Crippen LogP) is 4.46. The molecule has 1 fully saturated rings. The number of rotatable bonds is 6. The topological polar surface area (TPSA) is 58.1 Å². The zero-order valence-electron chi connectivity index (χ0n) is 15.7. The van der Waals surface area contributed by atoms with Gasteiger partial charge in [-0.3, -0.25) is 4.79 Å². The summed E-state index contributed by atoms with van der Waals surface area (Å²) in [5.41, 5.74) is 2.54. The highest BCUT2D eigenvalue weighted by atomic mass is 32.2. The number of pyridine rings is 1. The Morgan fingerprint density at radius 1 is 1.21 bits per heavy atom. The molecular formula is C21H22N4OS2. The lowest BCUT2D eigenvalue weighted by molar-refractivity contribution is 0.0946. The lowest BCUT2D eigenvalue weighted by atomic mass is 10.2. The van der Waals surface area contributed by atoms with Gasteiger partial charge in [0.1, 0.15) is 16.5 Å². The molecule has 3 heterocycles. The highest BCUT2D eigenvalue weighted by Crippen LogP contribution is 2.27. The van der Waals surface area contributed by atoms with Crippen molar-refractivity contribution >= 4 is 34.8 Å². The van der Waals surface area contributed by atoms with Crippen LogP contribution in [0.5, 0.6) is 0 Å². The molecule has 144 valence electrons. The molecule has 0 radical (unpaired) electrons. The fraction of sp³-hybridized carbons (Fsp3) is 0.286. The molecule has 4 rings (SSSR count). The van der Waals surface area contributed by atoms with Crippen LogP contribution < -0.4 is 10.2 Å². The van der Waals surface area contributed by atoms with Gasteiger partial charge in [-0.05, 0) is 48.9 Å². The van der Waals surface area contributed by atoms with Gasteiger partial charge >= 0.3 is 0 Å². The third-order valence-electron chi connectivity index (χ3n) is 4.77. The summed E-state index contributed by atoms with van der Waals surface area (Å²) >= 11 is 3.19. The summed E-state index contributed by atoms with van der Waals surface area (Å²) in [6, 6.07) is 12.2. The molecule has 28 heavy (non-hydrogen) atoms. The second-order valence-corrected chi connectivity index (χ2v) is 8.40. The molecule has 0 unspecified atom stereocenters. The smallest absolute Gasteiger partial charge is 0.271 e. The fourth-order valence-corrected chi connectivity index (χ4v) is 4.40. The van der Waals surface area contributed by atoms with Crippen molar-refractivity contribution in [2.75, 3.05) is 24.2 Å². The molecule has 0 aliphatic carbocycles. The van der Waals surface area contributed by atoms with Crippen LogP contribution in [0, 0.1) is 0 Å². The predicted molar refractivity (Wildman–Crippen MR) is 116 cm³/mol. The Kier molecular flexibility index (Phi) is 5.92. The largest absolute Gasteiger partial charge is 0.357 e. The Morgan fingerprint density at radius 3 is 2.75 bits per heavy atom. The van der Waals surface area contributed by atoms with Crippen LogP contribution in [0.25, 0.3) is 10.6 Å². The number of thioether (sulfide) groups is 1. The van der Waals surface area contributed by atoms with Gasteiger partial charge in [-0.1, -0.05) is 12.1 Å². The lowest BCUT2D eigenvalue weighted by Gasteiger charge is -2.16. The zero-order valence-corrected chi connectivity index (χ0v) is 17.4. The number of carbonyl (C=O) groups excluding carboxylic acids is 1. The molecule has 1 N–H and O–H groups in total. The van der Waals surface area contributed by atoms with Gasteiger partial charge in [0.15, 0.2) is 0 Å². The van der Waals surface area contributed by atoms with E-state index in [4.69, 9.17) is 0 Å². The average Bonchev–Trinajstić information content (AvgIpc) is 3.45.